The number of ether oxygens (including phenoxy) is 1. The second kappa shape index (κ2) is 5.19. The highest BCUT2D eigenvalue weighted by atomic mass is 16.5. The van der Waals surface area contributed by atoms with Gasteiger partial charge in [0.1, 0.15) is 11.5 Å². The molecule has 2 N–H and O–H groups in total. The molecule has 0 saturated carbocycles. The minimum absolute atomic E-state index is 0.447. The average Bonchev–Trinajstić information content (AvgIpc) is 2.34. The van der Waals surface area contributed by atoms with Gasteiger partial charge in [0, 0.05) is 6.54 Å². The van der Waals surface area contributed by atoms with Crippen molar-refractivity contribution in [2.75, 3.05) is 0 Å². The molecule has 2 rings (SSSR count). The van der Waals surface area contributed by atoms with Crippen molar-refractivity contribution >= 4 is 0 Å². The SMILES string of the molecule is Cc1cc(C)c(Oc2ccc(CN)nc2)c(C)c1. The lowest BCUT2D eigenvalue weighted by atomic mass is 10.1. The maximum absolute atomic E-state index is 5.89. The molecule has 0 atom stereocenters. The minimum Gasteiger partial charge on any atom is -0.455 e. The van der Waals surface area contributed by atoms with Crippen LogP contribution in [0, 0.1) is 20.8 Å². The lowest BCUT2D eigenvalue weighted by molar-refractivity contribution is 0.472. The average molecular weight is 242 g/mol. The van der Waals surface area contributed by atoms with Crippen LogP contribution in [0.4, 0.5) is 0 Å². The minimum atomic E-state index is 0.447. The highest BCUT2D eigenvalue weighted by Gasteiger charge is 2.06. The Kier molecular flexibility index (Phi) is 3.63. The van der Waals surface area contributed by atoms with Crippen LogP contribution < -0.4 is 10.5 Å². The molecular weight excluding hydrogens is 224 g/mol. The molecule has 1 heterocycles. The molecule has 0 amide bonds. The van der Waals surface area contributed by atoms with E-state index in [-0.39, 0.29) is 0 Å². The van der Waals surface area contributed by atoms with Crippen molar-refractivity contribution < 1.29 is 4.74 Å². The summed E-state index contributed by atoms with van der Waals surface area (Å²) in [6.45, 7) is 6.64. The number of pyridine rings is 1. The van der Waals surface area contributed by atoms with Crippen LogP contribution in [0.3, 0.4) is 0 Å². The standard InChI is InChI=1S/C15H18N2O/c1-10-6-11(2)15(12(3)7-10)18-14-5-4-13(8-16)17-9-14/h4-7,9H,8,16H2,1-3H3. The Morgan fingerprint density at radius 3 is 2.28 bits per heavy atom. The molecule has 0 radical (unpaired) electrons. The first kappa shape index (κ1) is 12.6. The third-order valence-electron chi connectivity index (χ3n) is 2.83. The van der Waals surface area contributed by atoms with Gasteiger partial charge in [-0.05, 0) is 44.0 Å². The van der Waals surface area contributed by atoms with Gasteiger partial charge in [-0.25, -0.2) is 0 Å². The van der Waals surface area contributed by atoms with Crippen molar-refractivity contribution in [3.63, 3.8) is 0 Å². The zero-order valence-electron chi connectivity index (χ0n) is 11.0. The molecule has 0 aliphatic heterocycles. The van der Waals surface area contributed by atoms with Gasteiger partial charge < -0.3 is 10.5 Å². The van der Waals surface area contributed by atoms with E-state index in [1.165, 1.54) is 5.56 Å². The second-order valence-electron chi connectivity index (χ2n) is 4.52. The van der Waals surface area contributed by atoms with Gasteiger partial charge >= 0.3 is 0 Å². The van der Waals surface area contributed by atoms with Gasteiger partial charge in [0.05, 0.1) is 11.9 Å². The summed E-state index contributed by atoms with van der Waals surface area (Å²) in [5.74, 6) is 1.64. The fourth-order valence-electron chi connectivity index (χ4n) is 2.04. The van der Waals surface area contributed by atoms with E-state index in [9.17, 15) is 0 Å². The zero-order chi connectivity index (χ0) is 13.1. The first-order valence-corrected chi connectivity index (χ1v) is 6.01. The lowest BCUT2D eigenvalue weighted by Gasteiger charge is -2.12. The molecule has 2 aromatic rings. The molecule has 0 aliphatic carbocycles. The Labute approximate surface area is 108 Å². The molecular formula is C15H18N2O. The summed E-state index contributed by atoms with van der Waals surface area (Å²) in [7, 11) is 0. The van der Waals surface area contributed by atoms with Crippen molar-refractivity contribution in [1.82, 2.24) is 4.98 Å². The number of rotatable bonds is 3. The lowest BCUT2D eigenvalue weighted by Crippen LogP contribution is -1.99. The second-order valence-corrected chi connectivity index (χ2v) is 4.52. The fourth-order valence-corrected chi connectivity index (χ4v) is 2.04. The molecule has 0 spiro atoms. The predicted molar refractivity (Wildman–Crippen MR) is 72.9 cm³/mol. The van der Waals surface area contributed by atoms with E-state index in [1.807, 2.05) is 12.1 Å². The molecule has 94 valence electrons. The van der Waals surface area contributed by atoms with Crippen molar-refractivity contribution in [1.29, 1.82) is 0 Å². The number of nitrogens with zero attached hydrogens (tertiary/aromatic N) is 1. The highest BCUT2D eigenvalue weighted by molar-refractivity contribution is 5.45. The van der Waals surface area contributed by atoms with Crippen LogP contribution in [0.2, 0.25) is 0 Å². The van der Waals surface area contributed by atoms with E-state index in [0.29, 0.717) is 6.54 Å². The molecule has 0 saturated heterocycles. The van der Waals surface area contributed by atoms with E-state index >= 15 is 0 Å². The summed E-state index contributed by atoms with van der Waals surface area (Å²) in [4.78, 5) is 4.22. The van der Waals surface area contributed by atoms with Crippen LogP contribution in [0.1, 0.15) is 22.4 Å². The monoisotopic (exact) mass is 242 g/mol. The normalized spacial score (nSPS) is 10.4. The van der Waals surface area contributed by atoms with Crippen LogP contribution >= 0.6 is 0 Å². The van der Waals surface area contributed by atoms with E-state index < -0.39 is 0 Å². The maximum Gasteiger partial charge on any atom is 0.145 e. The number of aryl methyl sites for hydroxylation is 3. The molecule has 1 aromatic carbocycles. The first-order chi connectivity index (χ1) is 8.60. The number of hydrogen-bond donors (Lipinski definition) is 1. The van der Waals surface area contributed by atoms with Crippen LogP contribution in [-0.4, -0.2) is 4.98 Å². The Morgan fingerprint density at radius 2 is 1.78 bits per heavy atom. The van der Waals surface area contributed by atoms with Gasteiger partial charge in [-0.2, -0.15) is 0 Å². The third-order valence-corrected chi connectivity index (χ3v) is 2.83. The van der Waals surface area contributed by atoms with Gasteiger partial charge in [0.2, 0.25) is 0 Å². The fraction of sp³-hybridized carbons (Fsp3) is 0.267. The van der Waals surface area contributed by atoms with Crippen molar-refractivity contribution in [2.45, 2.75) is 27.3 Å². The smallest absolute Gasteiger partial charge is 0.145 e. The Morgan fingerprint density at radius 1 is 1.11 bits per heavy atom. The van der Waals surface area contributed by atoms with Crippen LogP contribution in [0.5, 0.6) is 11.5 Å². The van der Waals surface area contributed by atoms with Crippen molar-refractivity contribution in [2.24, 2.45) is 5.73 Å². The van der Waals surface area contributed by atoms with Gasteiger partial charge in [-0.15, -0.1) is 0 Å². The number of hydrogen-bond acceptors (Lipinski definition) is 3. The van der Waals surface area contributed by atoms with Gasteiger partial charge in [0.15, 0.2) is 0 Å². The Hall–Kier alpha value is -1.87. The maximum atomic E-state index is 5.89. The summed E-state index contributed by atoms with van der Waals surface area (Å²) >= 11 is 0. The summed E-state index contributed by atoms with van der Waals surface area (Å²) in [5, 5.41) is 0. The number of benzene rings is 1. The highest BCUT2D eigenvalue weighted by Crippen LogP contribution is 2.29. The predicted octanol–water partition coefficient (Wildman–Crippen LogP) is 3.26. The topological polar surface area (TPSA) is 48.1 Å². The van der Waals surface area contributed by atoms with Gasteiger partial charge in [-0.3, -0.25) is 4.98 Å². The molecule has 1 aromatic heterocycles. The zero-order valence-corrected chi connectivity index (χ0v) is 11.0. The van der Waals surface area contributed by atoms with E-state index in [4.69, 9.17) is 10.5 Å². The molecule has 0 unspecified atom stereocenters. The quantitative estimate of drug-likeness (QED) is 0.898. The number of nitrogens with two attached hydrogens (primary N) is 1. The summed E-state index contributed by atoms with van der Waals surface area (Å²) in [6.07, 6.45) is 1.71. The third kappa shape index (κ3) is 2.68. The largest absolute Gasteiger partial charge is 0.455 e. The number of aromatic nitrogens is 1. The summed E-state index contributed by atoms with van der Waals surface area (Å²) in [6, 6.07) is 8.01. The van der Waals surface area contributed by atoms with Gasteiger partial charge in [-0.1, -0.05) is 17.7 Å². The van der Waals surface area contributed by atoms with E-state index in [2.05, 4.69) is 37.9 Å². The molecule has 0 bridgehead atoms. The van der Waals surface area contributed by atoms with E-state index in [1.54, 1.807) is 6.20 Å². The molecule has 3 heteroatoms. The summed E-state index contributed by atoms with van der Waals surface area (Å²) < 4.78 is 5.89. The van der Waals surface area contributed by atoms with Crippen molar-refractivity contribution in [3.05, 3.63) is 52.8 Å². The summed E-state index contributed by atoms with van der Waals surface area (Å²) in [5.41, 5.74) is 9.89. The van der Waals surface area contributed by atoms with Crippen molar-refractivity contribution in [3.8, 4) is 11.5 Å². The first-order valence-electron chi connectivity index (χ1n) is 6.01. The van der Waals surface area contributed by atoms with Crippen LogP contribution in [0.25, 0.3) is 0 Å². The molecule has 3 nitrogen and oxygen atoms in total. The van der Waals surface area contributed by atoms with Crippen LogP contribution in [-0.2, 0) is 6.54 Å². The molecule has 18 heavy (non-hydrogen) atoms. The molecule has 0 aliphatic rings. The Bertz CT molecular complexity index is 524. The van der Waals surface area contributed by atoms with Crippen LogP contribution in [0.15, 0.2) is 30.5 Å². The van der Waals surface area contributed by atoms with Gasteiger partial charge in [0.25, 0.3) is 0 Å². The van der Waals surface area contributed by atoms with E-state index in [0.717, 1.165) is 28.3 Å². The Balaban J connectivity index is 2.28. The molecule has 0 fully saturated rings.